The van der Waals surface area contributed by atoms with E-state index in [0.29, 0.717) is 12.4 Å². The van der Waals surface area contributed by atoms with E-state index in [0.717, 1.165) is 31.2 Å². The molecule has 0 spiro atoms. The summed E-state index contributed by atoms with van der Waals surface area (Å²) in [6.45, 7) is 0.573. The zero-order chi connectivity index (χ0) is 14.7. The summed E-state index contributed by atoms with van der Waals surface area (Å²) in [4.78, 5) is 27.0. The molecular formula is C16H19N3O2. The maximum Gasteiger partial charge on any atom is 0.330 e. The third-order valence-corrected chi connectivity index (χ3v) is 3.98. The Balaban J connectivity index is 1.78. The van der Waals surface area contributed by atoms with Crippen molar-refractivity contribution in [1.82, 2.24) is 9.55 Å². The molecule has 1 heterocycles. The second-order valence-electron chi connectivity index (χ2n) is 5.47. The summed E-state index contributed by atoms with van der Waals surface area (Å²) in [5.74, 6) is 0.475. The zero-order valence-corrected chi connectivity index (χ0v) is 11.8. The van der Waals surface area contributed by atoms with Gasteiger partial charge in [0.1, 0.15) is 5.82 Å². The van der Waals surface area contributed by atoms with E-state index < -0.39 is 0 Å². The van der Waals surface area contributed by atoms with Gasteiger partial charge in [0.25, 0.3) is 5.56 Å². The molecule has 2 N–H and O–H groups in total. The van der Waals surface area contributed by atoms with Gasteiger partial charge in [-0.3, -0.25) is 14.3 Å². The highest BCUT2D eigenvalue weighted by molar-refractivity contribution is 5.33. The molecule has 2 aromatic rings. The first-order valence-electron chi connectivity index (χ1n) is 7.38. The van der Waals surface area contributed by atoms with Crippen LogP contribution < -0.4 is 16.6 Å². The number of hydrogen-bond donors (Lipinski definition) is 2. The lowest BCUT2D eigenvalue weighted by molar-refractivity contribution is 0.479. The minimum Gasteiger partial charge on any atom is -0.367 e. The van der Waals surface area contributed by atoms with Gasteiger partial charge in [0.05, 0.1) is 0 Å². The zero-order valence-electron chi connectivity index (χ0n) is 11.8. The van der Waals surface area contributed by atoms with Crippen LogP contribution in [0.15, 0.2) is 46.0 Å². The smallest absolute Gasteiger partial charge is 0.330 e. The van der Waals surface area contributed by atoms with Crippen molar-refractivity contribution in [2.75, 3.05) is 5.32 Å². The summed E-state index contributed by atoms with van der Waals surface area (Å²) in [5, 5.41) is 3.09. The van der Waals surface area contributed by atoms with Crippen LogP contribution in [0.1, 0.15) is 37.3 Å². The SMILES string of the molecule is O=c1cc(NCc2ccccc2)[nH]c(=O)n1C1CCCC1. The van der Waals surface area contributed by atoms with Crippen molar-refractivity contribution in [2.24, 2.45) is 0 Å². The first-order valence-corrected chi connectivity index (χ1v) is 7.38. The van der Waals surface area contributed by atoms with Gasteiger partial charge in [0.15, 0.2) is 0 Å². The van der Waals surface area contributed by atoms with E-state index in [1.807, 2.05) is 30.3 Å². The van der Waals surface area contributed by atoms with Crippen LogP contribution in [0, 0.1) is 0 Å². The largest absolute Gasteiger partial charge is 0.367 e. The number of H-pyrrole nitrogens is 1. The Morgan fingerprint density at radius 1 is 1.14 bits per heavy atom. The predicted octanol–water partition coefficient (Wildman–Crippen LogP) is 2.26. The normalized spacial score (nSPS) is 15.2. The topological polar surface area (TPSA) is 66.9 Å². The third-order valence-electron chi connectivity index (χ3n) is 3.98. The number of aromatic amines is 1. The monoisotopic (exact) mass is 285 g/mol. The van der Waals surface area contributed by atoms with Crippen molar-refractivity contribution in [3.63, 3.8) is 0 Å². The molecule has 1 fully saturated rings. The summed E-state index contributed by atoms with van der Waals surface area (Å²) >= 11 is 0. The summed E-state index contributed by atoms with van der Waals surface area (Å²) in [6, 6.07) is 11.4. The van der Waals surface area contributed by atoms with Gasteiger partial charge in [-0.05, 0) is 18.4 Å². The number of hydrogen-bond acceptors (Lipinski definition) is 3. The molecule has 3 rings (SSSR count). The molecular weight excluding hydrogens is 266 g/mol. The van der Waals surface area contributed by atoms with Gasteiger partial charge in [0, 0.05) is 18.7 Å². The average Bonchev–Trinajstić information content (AvgIpc) is 2.99. The van der Waals surface area contributed by atoms with Gasteiger partial charge in [-0.15, -0.1) is 0 Å². The van der Waals surface area contributed by atoms with Crippen molar-refractivity contribution >= 4 is 5.82 Å². The lowest BCUT2D eigenvalue weighted by atomic mass is 10.2. The summed E-state index contributed by atoms with van der Waals surface area (Å²) < 4.78 is 1.36. The quantitative estimate of drug-likeness (QED) is 0.905. The lowest BCUT2D eigenvalue weighted by Crippen LogP contribution is -2.37. The maximum atomic E-state index is 12.2. The lowest BCUT2D eigenvalue weighted by Gasteiger charge is -2.13. The van der Waals surface area contributed by atoms with Crippen molar-refractivity contribution in [1.29, 1.82) is 0 Å². The molecule has 1 aliphatic rings. The van der Waals surface area contributed by atoms with Gasteiger partial charge in [-0.25, -0.2) is 4.79 Å². The van der Waals surface area contributed by atoms with Crippen molar-refractivity contribution < 1.29 is 0 Å². The molecule has 0 radical (unpaired) electrons. The van der Waals surface area contributed by atoms with Gasteiger partial charge < -0.3 is 5.32 Å². The molecule has 0 amide bonds. The average molecular weight is 285 g/mol. The highest BCUT2D eigenvalue weighted by Gasteiger charge is 2.20. The van der Waals surface area contributed by atoms with Crippen LogP contribution in [0.2, 0.25) is 0 Å². The van der Waals surface area contributed by atoms with Gasteiger partial charge in [0.2, 0.25) is 0 Å². The maximum absolute atomic E-state index is 12.2. The molecule has 21 heavy (non-hydrogen) atoms. The highest BCUT2D eigenvalue weighted by atomic mass is 16.2. The molecule has 0 aliphatic heterocycles. The number of aromatic nitrogens is 2. The summed E-state index contributed by atoms with van der Waals surface area (Å²) in [5.41, 5.74) is 0.560. The number of benzene rings is 1. The molecule has 0 saturated heterocycles. The number of nitrogens with zero attached hydrogens (tertiary/aromatic N) is 1. The van der Waals surface area contributed by atoms with E-state index in [1.165, 1.54) is 10.6 Å². The van der Waals surface area contributed by atoms with Gasteiger partial charge in [-0.2, -0.15) is 0 Å². The molecule has 1 saturated carbocycles. The molecule has 110 valence electrons. The van der Waals surface area contributed by atoms with Crippen LogP contribution in [0.5, 0.6) is 0 Å². The Morgan fingerprint density at radius 2 is 1.86 bits per heavy atom. The minimum atomic E-state index is -0.315. The molecule has 1 aromatic heterocycles. The predicted molar refractivity (Wildman–Crippen MR) is 82.6 cm³/mol. The molecule has 0 atom stereocenters. The fourth-order valence-electron chi connectivity index (χ4n) is 2.90. The standard InChI is InChI=1S/C16H19N3O2/c20-15-10-14(17-11-12-6-2-1-3-7-12)18-16(21)19(15)13-8-4-5-9-13/h1-3,6-7,10,13,17H,4-5,8-9,11H2,(H,18,21). The van der Waals surface area contributed by atoms with E-state index in [2.05, 4.69) is 10.3 Å². The first kappa shape index (κ1) is 13.7. The number of nitrogens with one attached hydrogen (secondary N) is 2. The summed E-state index contributed by atoms with van der Waals surface area (Å²) in [6.07, 6.45) is 4.01. The van der Waals surface area contributed by atoms with Crippen LogP contribution in [-0.4, -0.2) is 9.55 Å². The Hall–Kier alpha value is -2.30. The van der Waals surface area contributed by atoms with E-state index >= 15 is 0 Å². The van der Waals surface area contributed by atoms with Crippen LogP contribution in [0.3, 0.4) is 0 Å². The van der Waals surface area contributed by atoms with E-state index in [9.17, 15) is 9.59 Å². The van der Waals surface area contributed by atoms with E-state index in [-0.39, 0.29) is 17.3 Å². The first-order chi connectivity index (χ1) is 10.2. The molecule has 0 bridgehead atoms. The van der Waals surface area contributed by atoms with Crippen molar-refractivity contribution in [3.8, 4) is 0 Å². The Labute approximate surface area is 122 Å². The summed E-state index contributed by atoms with van der Waals surface area (Å²) in [7, 11) is 0. The molecule has 1 aliphatic carbocycles. The van der Waals surface area contributed by atoms with Crippen molar-refractivity contribution in [3.05, 3.63) is 62.8 Å². The molecule has 1 aromatic carbocycles. The third kappa shape index (κ3) is 3.07. The van der Waals surface area contributed by atoms with Crippen LogP contribution >= 0.6 is 0 Å². The number of rotatable bonds is 4. The van der Waals surface area contributed by atoms with E-state index in [1.54, 1.807) is 0 Å². The minimum absolute atomic E-state index is 0.0597. The second kappa shape index (κ2) is 5.99. The molecule has 5 nitrogen and oxygen atoms in total. The van der Waals surface area contributed by atoms with Crippen LogP contribution in [0.25, 0.3) is 0 Å². The van der Waals surface area contributed by atoms with Gasteiger partial charge >= 0.3 is 5.69 Å². The second-order valence-corrected chi connectivity index (χ2v) is 5.47. The van der Waals surface area contributed by atoms with Gasteiger partial charge in [-0.1, -0.05) is 43.2 Å². The fraction of sp³-hybridized carbons (Fsp3) is 0.375. The highest BCUT2D eigenvalue weighted by Crippen LogP contribution is 2.26. The Kier molecular flexibility index (Phi) is 3.90. The molecule has 5 heteroatoms. The Bertz CT molecular complexity index is 681. The van der Waals surface area contributed by atoms with Crippen LogP contribution in [-0.2, 0) is 6.54 Å². The van der Waals surface area contributed by atoms with E-state index in [4.69, 9.17) is 0 Å². The van der Waals surface area contributed by atoms with Crippen molar-refractivity contribution in [2.45, 2.75) is 38.3 Å². The number of anilines is 1. The fourth-order valence-corrected chi connectivity index (χ4v) is 2.90. The molecule has 0 unspecified atom stereocenters. The Morgan fingerprint density at radius 3 is 2.52 bits per heavy atom. The van der Waals surface area contributed by atoms with Crippen LogP contribution in [0.4, 0.5) is 5.82 Å².